The third kappa shape index (κ3) is 5.31. The van der Waals surface area contributed by atoms with Gasteiger partial charge >= 0.3 is 0 Å². The summed E-state index contributed by atoms with van der Waals surface area (Å²) < 4.78 is 34.6. The van der Waals surface area contributed by atoms with Crippen LogP contribution in [0.1, 0.15) is 26.2 Å². The van der Waals surface area contributed by atoms with Gasteiger partial charge in [0.2, 0.25) is 10.0 Å². The number of ether oxygens (including phenoxy) is 1. The average molecular weight is 467 g/mol. The molecule has 0 saturated carbocycles. The van der Waals surface area contributed by atoms with Gasteiger partial charge in [0.25, 0.3) is 0 Å². The van der Waals surface area contributed by atoms with Crippen molar-refractivity contribution in [3.63, 3.8) is 0 Å². The molecule has 2 fully saturated rings. The Balaban J connectivity index is 1.44. The van der Waals surface area contributed by atoms with E-state index in [1.54, 1.807) is 28.8 Å². The lowest BCUT2D eigenvalue weighted by molar-refractivity contribution is -0.902. The number of hydrogen-bond donors (Lipinski definition) is 1. The molecule has 0 amide bonds. The maximum atomic E-state index is 12.8. The molecule has 3 heterocycles. The smallest absolute Gasteiger partial charge is 0.243 e. The van der Waals surface area contributed by atoms with Crippen molar-refractivity contribution in [2.24, 2.45) is 0 Å². The third-order valence-corrected chi connectivity index (χ3v) is 8.88. The first-order valence-corrected chi connectivity index (χ1v) is 13.6. The largest absolute Gasteiger partial charge is 0.379 e. The van der Waals surface area contributed by atoms with E-state index in [4.69, 9.17) is 4.74 Å². The first kappa shape index (κ1) is 22.7. The van der Waals surface area contributed by atoms with Crippen LogP contribution >= 0.6 is 11.8 Å². The maximum absolute atomic E-state index is 12.8. The maximum Gasteiger partial charge on any atom is 0.243 e. The quantitative estimate of drug-likeness (QED) is 0.588. The lowest BCUT2D eigenvalue weighted by atomic mass is 10.1. The van der Waals surface area contributed by atoms with Crippen molar-refractivity contribution < 1.29 is 18.1 Å². The Morgan fingerprint density at radius 2 is 1.77 bits per heavy atom. The highest BCUT2D eigenvalue weighted by atomic mass is 32.2. The Morgan fingerprint density at radius 1 is 1.06 bits per heavy atom. The second kappa shape index (κ2) is 10.4. The molecule has 0 atom stereocenters. The van der Waals surface area contributed by atoms with Crippen LogP contribution in [0.25, 0.3) is 11.4 Å². The fourth-order valence-electron chi connectivity index (χ4n) is 4.19. The minimum Gasteiger partial charge on any atom is -0.379 e. The number of nitrogens with zero attached hydrogens (tertiary/aromatic N) is 4. The van der Waals surface area contributed by atoms with Crippen molar-refractivity contribution in [1.82, 2.24) is 19.1 Å². The normalized spacial score (nSPS) is 19.0. The van der Waals surface area contributed by atoms with Crippen LogP contribution in [-0.4, -0.2) is 79.2 Å². The summed E-state index contributed by atoms with van der Waals surface area (Å²) in [5, 5.41) is 9.76. The highest BCUT2D eigenvalue weighted by molar-refractivity contribution is 7.99. The molecule has 10 heteroatoms. The van der Waals surface area contributed by atoms with Gasteiger partial charge in [-0.25, -0.2) is 8.42 Å². The van der Waals surface area contributed by atoms with E-state index >= 15 is 0 Å². The SMILES string of the molecule is CCn1c(SCC[NH+]2CCCCC2)nnc1-c1ccc(S(=O)(=O)N2CCOCC2)cc1. The van der Waals surface area contributed by atoms with Crippen molar-refractivity contribution in [3.05, 3.63) is 24.3 Å². The molecule has 0 bridgehead atoms. The lowest BCUT2D eigenvalue weighted by Gasteiger charge is -2.26. The summed E-state index contributed by atoms with van der Waals surface area (Å²) >= 11 is 1.76. The Labute approximate surface area is 189 Å². The second-order valence-corrected chi connectivity index (χ2v) is 11.0. The van der Waals surface area contributed by atoms with E-state index in [9.17, 15) is 8.42 Å². The van der Waals surface area contributed by atoms with Crippen LogP contribution in [-0.2, 0) is 21.3 Å². The number of piperidine rings is 1. The standard InChI is InChI=1S/C21H31N5O3S2/c1-2-26-20(22-23-21(26)30-17-14-24-10-4-3-5-11-24)18-6-8-19(9-7-18)31(27,28)25-12-15-29-16-13-25/h6-9H,2-5,10-17H2,1H3/p+1. The van der Waals surface area contributed by atoms with Crippen LogP contribution in [0.2, 0.25) is 0 Å². The van der Waals surface area contributed by atoms with Gasteiger partial charge < -0.3 is 14.2 Å². The summed E-state index contributed by atoms with van der Waals surface area (Å²) in [7, 11) is -3.49. The number of likely N-dealkylation sites (tertiary alicyclic amines) is 1. The zero-order valence-corrected chi connectivity index (χ0v) is 19.8. The fraction of sp³-hybridized carbons (Fsp3) is 0.619. The summed E-state index contributed by atoms with van der Waals surface area (Å²) in [6, 6.07) is 6.99. The molecule has 2 aromatic rings. The number of nitrogens with one attached hydrogen (secondary N) is 1. The van der Waals surface area contributed by atoms with E-state index in [2.05, 4.69) is 21.7 Å². The molecule has 0 spiro atoms. The fourth-order valence-corrected chi connectivity index (χ4v) is 6.65. The third-order valence-electron chi connectivity index (χ3n) is 6.00. The summed E-state index contributed by atoms with van der Waals surface area (Å²) in [4.78, 5) is 2.00. The number of morpholine rings is 1. The van der Waals surface area contributed by atoms with Crippen molar-refractivity contribution in [2.45, 2.75) is 42.8 Å². The molecule has 8 nitrogen and oxygen atoms in total. The molecule has 0 unspecified atom stereocenters. The van der Waals surface area contributed by atoms with E-state index in [0.717, 1.165) is 35.4 Å². The number of hydrogen-bond acceptors (Lipinski definition) is 6. The molecule has 4 rings (SSSR count). The number of benzene rings is 1. The van der Waals surface area contributed by atoms with Gasteiger partial charge in [0.1, 0.15) is 0 Å². The monoisotopic (exact) mass is 466 g/mol. The lowest BCUT2D eigenvalue weighted by Crippen LogP contribution is -3.13. The van der Waals surface area contributed by atoms with Crippen LogP contribution in [0.4, 0.5) is 0 Å². The molecule has 31 heavy (non-hydrogen) atoms. The predicted octanol–water partition coefficient (Wildman–Crippen LogP) is 1.15. The molecular weight excluding hydrogens is 434 g/mol. The van der Waals surface area contributed by atoms with Gasteiger partial charge in [0, 0.05) is 25.2 Å². The number of aromatic nitrogens is 3. The Bertz CT molecular complexity index is 950. The van der Waals surface area contributed by atoms with Crippen LogP contribution < -0.4 is 4.90 Å². The van der Waals surface area contributed by atoms with Gasteiger partial charge in [0.15, 0.2) is 11.0 Å². The second-order valence-electron chi connectivity index (χ2n) is 8.00. The van der Waals surface area contributed by atoms with Gasteiger partial charge in [-0.15, -0.1) is 10.2 Å². The predicted molar refractivity (Wildman–Crippen MR) is 121 cm³/mol. The average Bonchev–Trinajstić information content (AvgIpc) is 3.23. The molecule has 1 N–H and O–H groups in total. The summed E-state index contributed by atoms with van der Waals surface area (Å²) in [6.45, 7) is 8.26. The van der Waals surface area contributed by atoms with Crippen molar-refractivity contribution in [2.75, 3.05) is 51.7 Å². The van der Waals surface area contributed by atoms with E-state index in [1.807, 2.05) is 12.1 Å². The molecule has 2 aliphatic rings. The van der Waals surface area contributed by atoms with Crippen LogP contribution in [0.15, 0.2) is 34.3 Å². The molecule has 1 aromatic carbocycles. The van der Waals surface area contributed by atoms with Crippen LogP contribution in [0.5, 0.6) is 0 Å². The Hall–Kier alpha value is -1.46. The zero-order chi connectivity index (χ0) is 21.7. The number of rotatable bonds is 8. The Morgan fingerprint density at radius 3 is 2.45 bits per heavy atom. The Kier molecular flexibility index (Phi) is 7.65. The minimum absolute atomic E-state index is 0.305. The molecule has 0 radical (unpaired) electrons. The number of sulfonamides is 1. The highest BCUT2D eigenvalue weighted by Gasteiger charge is 2.26. The molecule has 170 valence electrons. The van der Waals surface area contributed by atoms with E-state index < -0.39 is 10.0 Å². The van der Waals surface area contributed by atoms with Gasteiger partial charge in [-0.3, -0.25) is 0 Å². The van der Waals surface area contributed by atoms with Gasteiger partial charge in [-0.1, -0.05) is 11.8 Å². The number of thioether (sulfide) groups is 1. The van der Waals surface area contributed by atoms with Crippen LogP contribution in [0.3, 0.4) is 0 Å². The zero-order valence-electron chi connectivity index (χ0n) is 18.1. The first-order chi connectivity index (χ1) is 15.1. The summed E-state index contributed by atoms with van der Waals surface area (Å²) in [5.74, 6) is 1.81. The van der Waals surface area contributed by atoms with Crippen molar-refractivity contribution in [1.29, 1.82) is 0 Å². The molecule has 2 aliphatic heterocycles. The van der Waals surface area contributed by atoms with Gasteiger partial charge in [-0.05, 0) is 50.5 Å². The first-order valence-electron chi connectivity index (χ1n) is 11.2. The summed E-state index contributed by atoms with van der Waals surface area (Å²) in [5.41, 5.74) is 0.879. The van der Waals surface area contributed by atoms with Gasteiger partial charge in [0.05, 0.1) is 43.5 Å². The van der Waals surface area contributed by atoms with Crippen molar-refractivity contribution in [3.8, 4) is 11.4 Å². The topological polar surface area (TPSA) is 81.8 Å². The molecule has 0 aliphatic carbocycles. The van der Waals surface area contributed by atoms with Crippen LogP contribution in [0, 0.1) is 0 Å². The van der Waals surface area contributed by atoms with Crippen molar-refractivity contribution >= 4 is 21.8 Å². The number of quaternary nitrogens is 1. The van der Waals surface area contributed by atoms with E-state index in [0.29, 0.717) is 31.2 Å². The van der Waals surface area contributed by atoms with E-state index in [-0.39, 0.29) is 0 Å². The summed E-state index contributed by atoms with van der Waals surface area (Å²) in [6.07, 6.45) is 4.05. The minimum atomic E-state index is -3.49. The molecular formula is C21H32N5O3S2+. The molecule has 2 saturated heterocycles. The highest BCUT2D eigenvalue weighted by Crippen LogP contribution is 2.26. The molecule has 1 aromatic heterocycles. The van der Waals surface area contributed by atoms with Gasteiger partial charge in [-0.2, -0.15) is 4.31 Å². The van der Waals surface area contributed by atoms with E-state index in [1.165, 1.54) is 36.7 Å².